The van der Waals surface area contributed by atoms with Gasteiger partial charge in [0.25, 0.3) is 0 Å². The smallest absolute Gasteiger partial charge is 0.0883 e. The number of benzene rings is 1. The number of dihydropyridines is 1. The Morgan fingerprint density at radius 3 is 2.85 bits per heavy atom. The molecule has 1 aromatic heterocycles. The van der Waals surface area contributed by atoms with Crippen LogP contribution in [0.5, 0.6) is 0 Å². The van der Waals surface area contributed by atoms with Crippen LogP contribution in [0.25, 0.3) is 10.9 Å². The Kier molecular flexibility index (Phi) is 3.94. The van der Waals surface area contributed by atoms with E-state index >= 15 is 0 Å². The van der Waals surface area contributed by atoms with E-state index in [2.05, 4.69) is 74.7 Å². The first-order valence-electron chi connectivity index (χ1n) is 9.36. The lowest BCUT2D eigenvalue weighted by molar-refractivity contribution is 0.292. The standard InChI is InChI=1S/C21H23N5/c1-2-6-19-16(4-1)8-9-18(23-19)15-25-10-12-26(13-11-25)20-7-3-5-17-14-22-24-21(17)20/h1-9,14,16,19H,10-13,15H2,(H,22,24). The monoisotopic (exact) mass is 345 g/mol. The Hall–Kier alpha value is -2.66. The van der Waals surface area contributed by atoms with Gasteiger partial charge in [0.1, 0.15) is 0 Å². The van der Waals surface area contributed by atoms with E-state index in [9.17, 15) is 0 Å². The molecule has 0 spiro atoms. The van der Waals surface area contributed by atoms with Gasteiger partial charge in [-0.15, -0.1) is 0 Å². The second-order valence-electron chi connectivity index (χ2n) is 7.19. The summed E-state index contributed by atoms with van der Waals surface area (Å²) in [7, 11) is 0. The number of aromatic nitrogens is 2. The summed E-state index contributed by atoms with van der Waals surface area (Å²) in [6.07, 6.45) is 15.1. The molecule has 2 atom stereocenters. The number of H-pyrrole nitrogens is 1. The van der Waals surface area contributed by atoms with E-state index in [1.165, 1.54) is 16.8 Å². The van der Waals surface area contributed by atoms with Crippen molar-refractivity contribution < 1.29 is 0 Å². The van der Waals surface area contributed by atoms with Crippen molar-refractivity contribution in [2.24, 2.45) is 10.9 Å². The fraction of sp³-hybridized carbons (Fsp3) is 0.333. The number of allylic oxidation sites excluding steroid dienone is 2. The second-order valence-corrected chi connectivity index (χ2v) is 7.19. The number of para-hydroxylation sites is 1. The molecular formula is C21H23N5. The number of piperazine rings is 1. The van der Waals surface area contributed by atoms with Gasteiger partial charge in [0.15, 0.2) is 0 Å². The molecule has 2 unspecified atom stereocenters. The summed E-state index contributed by atoms with van der Waals surface area (Å²) in [5.74, 6) is 0.440. The van der Waals surface area contributed by atoms with Crippen LogP contribution in [-0.4, -0.2) is 59.6 Å². The SMILES string of the molecule is C1=CC2C=CC(CN3CCN(c4cccc5cn[nH]c45)CC3)=NC2C=C1. The van der Waals surface area contributed by atoms with Crippen LogP contribution in [0.15, 0.2) is 65.8 Å². The molecule has 5 heteroatoms. The molecule has 5 nitrogen and oxygen atoms in total. The van der Waals surface area contributed by atoms with Crippen molar-refractivity contribution in [3.63, 3.8) is 0 Å². The summed E-state index contributed by atoms with van der Waals surface area (Å²) in [5.41, 5.74) is 3.61. The number of nitrogens with zero attached hydrogens (tertiary/aromatic N) is 4. The summed E-state index contributed by atoms with van der Waals surface area (Å²) in [6, 6.07) is 6.70. The summed E-state index contributed by atoms with van der Waals surface area (Å²) in [5, 5.41) is 8.51. The first kappa shape index (κ1) is 15.6. The number of nitrogens with one attached hydrogen (secondary N) is 1. The maximum Gasteiger partial charge on any atom is 0.0883 e. The van der Waals surface area contributed by atoms with Crippen LogP contribution < -0.4 is 4.90 Å². The quantitative estimate of drug-likeness (QED) is 0.930. The van der Waals surface area contributed by atoms with Crippen molar-refractivity contribution in [3.8, 4) is 0 Å². The van der Waals surface area contributed by atoms with Crippen molar-refractivity contribution in [1.82, 2.24) is 15.1 Å². The average molecular weight is 345 g/mol. The molecule has 3 aliphatic rings. The van der Waals surface area contributed by atoms with Crippen LogP contribution in [0.2, 0.25) is 0 Å². The molecule has 1 aromatic carbocycles. The lowest BCUT2D eigenvalue weighted by Gasteiger charge is -2.36. The van der Waals surface area contributed by atoms with Gasteiger partial charge in [-0.05, 0) is 12.1 Å². The van der Waals surface area contributed by atoms with Crippen LogP contribution in [0, 0.1) is 5.92 Å². The van der Waals surface area contributed by atoms with Gasteiger partial charge in [-0.25, -0.2) is 0 Å². The zero-order valence-electron chi connectivity index (χ0n) is 14.8. The van der Waals surface area contributed by atoms with E-state index in [1.807, 2.05) is 6.20 Å². The Balaban J connectivity index is 1.23. The van der Waals surface area contributed by atoms with Crippen LogP contribution >= 0.6 is 0 Å². The summed E-state index contributed by atoms with van der Waals surface area (Å²) in [4.78, 5) is 9.90. The van der Waals surface area contributed by atoms with E-state index in [4.69, 9.17) is 4.99 Å². The number of hydrogen-bond acceptors (Lipinski definition) is 4. The van der Waals surface area contributed by atoms with Crippen molar-refractivity contribution >= 4 is 22.3 Å². The fourth-order valence-electron chi connectivity index (χ4n) is 4.06. The molecule has 0 radical (unpaired) electrons. The normalized spacial score (nSPS) is 25.5. The molecule has 1 saturated heterocycles. The minimum absolute atomic E-state index is 0.291. The number of aliphatic imine (C=N–C) groups is 1. The molecule has 5 rings (SSSR count). The molecule has 1 N–H and O–H groups in total. The Morgan fingerprint density at radius 1 is 1.04 bits per heavy atom. The predicted octanol–water partition coefficient (Wildman–Crippen LogP) is 2.81. The number of anilines is 1. The lowest BCUT2D eigenvalue weighted by atomic mass is 9.92. The van der Waals surface area contributed by atoms with E-state index in [1.54, 1.807) is 0 Å². The van der Waals surface area contributed by atoms with Gasteiger partial charge in [0, 0.05) is 49.7 Å². The van der Waals surface area contributed by atoms with Gasteiger partial charge in [-0.1, -0.05) is 42.5 Å². The van der Waals surface area contributed by atoms with Gasteiger partial charge in [-0.3, -0.25) is 15.0 Å². The third kappa shape index (κ3) is 2.88. The third-order valence-corrected chi connectivity index (χ3v) is 5.53. The van der Waals surface area contributed by atoms with Crippen LogP contribution in [0.3, 0.4) is 0 Å². The zero-order chi connectivity index (χ0) is 17.3. The van der Waals surface area contributed by atoms with Crippen molar-refractivity contribution in [1.29, 1.82) is 0 Å². The van der Waals surface area contributed by atoms with Gasteiger partial charge < -0.3 is 4.90 Å². The molecule has 2 aliphatic heterocycles. The van der Waals surface area contributed by atoms with Gasteiger partial charge in [-0.2, -0.15) is 5.10 Å². The van der Waals surface area contributed by atoms with Crippen molar-refractivity contribution in [3.05, 3.63) is 60.9 Å². The molecule has 1 fully saturated rings. The molecule has 0 bridgehead atoms. The largest absolute Gasteiger partial charge is 0.367 e. The summed E-state index contributed by atoms with van der Waals surface area (Å²) >= 11 is 0. The van der Waals surface area contributed by atoms with E-state index in [0.29, 0.717) is 12.0 Å². The lowest BCUT2D eigenvalue weighted by Crippen LogP contribution is -2.48. The minimum Gasteiger partial charge on any atom is -0.367 e. The maximum absolute atomic E-state index is 4.93. The van der Waals surface area contributed by atoms with E-state index < -0.39 is 0 Å². The number of rotatable bonds is 3. The van der Waals surface area contributed by atoms with E-state index in [-0.39, 0.29) is 0 Å². The predicted molar refractivity (Wildman–Crippen MR) is 107 cm³/mol. The van der Waals surface area contributed by atoms with Gasteiger partial charge in [0.05, 0.1) is 23.4 Å². The van der Waals surface area contributed by atoms with Crippen molar-refractivity contribution in [2.45, 2.75) is 6.04 Å². The third-order valence-electron chi connectivity index (χ3n) is 5.53. The highest BCUT2D eigenvalue weighted by Gasteiger charge is 2.23. The molecule has 26 heavy (non-hydrogen) atoms. The highest BCUT2D eigenvalue weighted by atomic mass is 15.3. The molecule has 132 valence electrons. The highest BCUT2D eigenvalue weighted by molar-refractivity contribution is 5.97. The number of hydrogen-bond donors (Lipinski definition) is 1. The fourth-order valence-corrected chi connectivity index (χ4v) is 4.06. The second kappa shape index (κ2) is 6.57. The van der Waals surface area contributed by atoms with Crippen LogP contribution in [-0.2, 0) is 0 Å². The summed E-state index contributed by atoms with van der Waals surface area (Å²) in [6.45, 7) is 5.12. The molecule has 3 heterocycles. The molecule has 0 amide bonds. The first-order valence-corrected chi connectivity index (χ1v) is 9.36. The Bertz CT molecular complexity index is 911. The van der Waals surface area contributed by atoms with Crippen LogP contribution in [0.1, 0.15) is 0 Å². The Morgan fingerprint density at radius 2 is 1.92 bits per heavy atom. The van der Waals surface area contributed by atoms with Gasteiger partial charge >= 0.3 is 0 Å². The topological polar surface area (TPSA) is 47.5 Å². The Labute approximate surface area is 153 Å². The zero-order valence-corrected chi connectivity index (χ0v) is 14.8. The molecule has 0 saturated carbocycles. The average Bonchev–Trinajstić information content (AvgIpc) is 3.17. The van der Waals surface area contributed by atoms with Crippen molar-refractivity contribution in [2.75, 3.05) is 37.6 Å². The van der Waals surface area contributed by atoms with Gasteiger partial charge in [0.2, 0.25) is 0 Å². The number of aromatic amines is 1. The van der Waals surface area contributed by atoms with Crippen LogP contribution in [0.4, 0.5) is 5.69 Å². The van der Waals surface area contributed by atoms with E-state index in [0.717, 1.165) is 38.2 Å². The molecule has 1 aliphatic carbocycles. The number of fused-ring (bicyclic) bond motifs is 2. The first-order chi connectivity index (χ1) is 12.9. The maximum atomic E-state index is 4.93. The summed E-state index contributed by atoms with van der Waals surface area (Å²) < 4.78 is 0. The highest BCUT2D eigenvalue weighted by Crippen LogP contribution is 2.26. The minimum atomic E-state index is 0.291. The molecule has 2 aromatic rings. The molecular weight excluding hydrogens is 322 g/mol.